The first-order valence-corrected chi connectivity index (χ1v) is 6.54. The molecular weight excluding hydrogens is 274 g/mol. The molecular formula is C15H15NO5. The summed E-state index contributed by atoms with van der Waals surface area (Å²) in [5.41, 5.74) is 0. The van der Waals surface area contributed by atoms with Gasteiger partial charge in [0, 0.05) is 18.6 Å². The van der Waals surface area contributed by atoms with E-state index in [4.69, 9.17) is 9.47 Å². The van der Waals surface area contributed by atoms with Gasteiger partial charge in [0.1, 0.15) is 12.4 Å². The van der Waals surface area contributed by atoms with Gasteiger partial charge in [0.05, 0.1) is 6.04 Å². The number of para-hydroxylation sites is 1. The fraction of sp³-hybridized carbons (Fsp3) is 0.267. The van der Waals surface area contributed by atoms with Gasteiger partial charge in [-0.1, -0.05) is 18.2 Å². The van der Waals surface area contributed by atoms with Crippen LogP contribution in [0, 0.1) is 0 Å². The second-order valence-electron chi connectivity index (χ2n) is 4.50. The molecule has 0 bridgehead atoms. The van der Waals surface area contributed by atoms with E-state index in [-0.39, 0.29) is 18.6 Å². The van der Waals surface area contributed by atoms with E-state index in [9.17, 15) is 14.4 Å². The van der Waals surface area contributed by atoms with Crippen LogP contribution in [-0.2, 0) is 19.1 Å². The van der Waals surface area contributed by atoms with Crippen molar-refractivity contribution in [3.8, 4) is 5.75 Å². The lowest BCUT2D eigenvalue weighted by atomic mass is 10.2. The molecule has 0 aliphatic carbocycles. The summed E-state index contributed by atoms with van der Waals surface area (Å²) < 4.78 is 9.89. The molecule has 0 spiro atoms. The lowest BCUT2D eigenvalue weighted by molar-refractivity contribution is -0.139. The van der Waals surface area contributed by atoms with Crippen LogP contribution in [0.25, 0.3) is 0 Å². The minimum absolute atomic E-state index is 0.0435. The molecule has 1 heterocycles. The number of amides is 1. The van der Waals surface area contributed by atoms with Crippen LogP contribution in [-0.4, -0.2) is 30.5 Å². The number of esters is 2. The fourth-order valence-electron chi connectivity index (χ4n) is 1.81. The summed E-state index contributed by atoms with van der Waals surface area (Å²) in [5, 5.41) is 2.67. The Bertz CT molecular complexity index is 552. The first-order chi connectivity index (χ1) is 10.1. The maximum Gasteiger partial charge on any atom is 0.336 e. The Kier molecular flexibility index (Phi) is 5.09. The SMILES string of the molecule is O=C1CCC(COC(=O)/C=C/C(=O)Oc2ccccc2)N1. The summed E-state index contributed by atoms with van der Waals surface area (Å²) in [5.74, 6) is -0.958. The highest BCUT2D eigenvalue weighted by Gasteiger charge is 2.21. The topological polar surface area (TPSA) is 81.7 Å². The number of hydrogen-bond acceptors (Lipinski definition) is 5. The Labute approximate surface area is 121 Å². The molecule has 0 radical (unpaired) electrons. The molecule has 1 amide bonds. The van der Waals surface area contributed by atoms with E-state index in [0.29, 0.717) is 18.6 Å². The molecule has 6 nitrogen and oxygen atoms in total. The van der Waals surface area contributed by atoms with Crippen molar-refractivity contribution in [2.24, 2.45) is 0 Å². The Morgan fingerprint density at radius 1 is 1.19 bits per heavy atom. The van der Waals surface area contributed by atoms with Crippen molar-refractivity contribution in [1.82, 2.24) is 5.32 Å². The van der Waals surface area contributed by atoms with Gasteiger partial charge in [0.15, 0.2) is 0 Å². The molecule has 1 aromatic rings. The molecule has 0 aromatic heterocycles. The Balaban J connectivity index is 1.71. The summed E-state index contributed by atoms with van der Waals surface area (Å²) in [6.45, 7) is 0.0998. The number of ether oxygens (including phenoxy) is 2. The van der Waals surface area contributed by atoms with Gasteiger partial charge >= 0.3 is 11.9 Å². The fourth-order valence-corrected chi connectivity index (χ4v) is 1.81. The van der Waals surface area contributed by atoms with E-state index >= 15 is 0 Å². The van der Waals surface area contributed by atoms with Crippen LogP contribution in [0.15, 0.2) is 42.5 Å². The molecule has 6 heteroatoms. The van der Waals surface area contributed by atoms with Crippen molar-refractivity contribution in [3.63, 3.8) is 0 Å². The minimum Gasteiger partial charge on any atom is -0.460 e. The molecule has 1 saturated heterocycles. The summed E-state index contributed by atoms with van der Waals surface area (Å²) in [4.78, 5) is 33.8. The van der Waals surface area contributed by atoms with Crippen molar-refractivity contribution in [1.29, 1.82) is 0 Å². The average molecular weight is 289 g/mol. The van der Waals surface area contributed by atoms with E-state index in [1.54, 1.807) is 30.3 Å². The van der Waals surface area contributed by atoms with E-state index in [1.165, 1.54) is 0 Å². The predicted molar refractivity (Wildman–Crippen MR) is 73.3 cm³/mol. The van der Waals surface area contributed by atoms with E-state index in [2.05, 4.69) is 5.32 Å². The van der Waals surface area contributed by atoms with Gasteiger partial charge in [0.25, 0.3) is 0 Å². The van der Waals surface area contributed by atoms with Gasteiger partial charge in [-0.25, -0.2) is 9.59 Å². The first-order valence-electron chi connectivity index (χ1n) is 6.54. The normalized spacial score (nSPS) is 17.5. The number of hydrogen-bond donors (Lipinski definition) is 1. The molecule has 2 rings (SSSR count). The van der Waals surface area contributed by atoms with Gasteiger partial charge in [-0.3, -0.25) is 4.79 Å². The second kappa shape index (κ2) is 7.23. The monoisotopic (exact) mass is 289 g/mol. The highest BCUT2D eigenvalue weighted by Crippen LogP contribution is 2.09. The third-order valence-corrected chi connectivity index (χ3v) is 2.83. The van der Waals surface area contributed by atoms with Gasteiger partial charge in [0.2, 0.25) is 5.91 Å². The van der Waals surface area contributed by atoms with Gasteiger partial charge in [-0.2, -0.15) is 0 Å². The smallest absolute Gasteiger partial charge is 0.336 e. The molecule has 1 atom stereocenters. The van der Waals surface area contributed by atoms with Gasteiger partial charge < -0.3 is 14.8 Å². The number of rotatable bonds is 5. The van der Waals surface area contributed by atoms with Gasteiger partial charge in [-0.15, -0.1) is 0 Å². The summed E-state index contributed by atoms with van der Waals surface area (Å²) >= 11 is 0. The molecule has 110 valence electrons. The first kappa shape index (κ1) is 14.8. The van der Waals surface area contributed by atoms with Crippen LogP contribution in [0.2, 0.25) is 0 Å². The van der Waals surface area contributed by atoms with Crippen molar-refractivity contribution in [3.05, 3.63) is 42.5 Å². The highest BCUT2D eigenvalue weighted by molar-refractivity contribution is 5.92. The maximum atomic E-state index is 11.4. The van der Waals surface area contributed by atoms with E-state index in [0.717, 1.165) is 12.2 Å². The standard InChI is InChI=1S/C15H15NO5/c17-13-7-6-11(16-13)10-20-14(18)8-9-15(19)21-12-4-2-1-3-5-12/h1-5,8-9,11H,6-7,10H2,(H,16,17)/b9-8+. The molecule has 1 aliphatic rings. The third kappa shape index (κ3) is 5.10. The van der Waals surface area contributed by atoms with Crippen LogP contribution >= 0.6 is 0 Å². The minimum atomic E-state index is -0.660. The predicted octanol–water partition coefficient (Wildman–Crippen LogP) is 0.970. The van der Waals surface area contributed by atoms with Crippen molar-refractivity contribution in [2.75, 3.05) is 6.61 Å². The molecule has 1 unspecified atom stereocenters. The van der Waals surface area contributed by atoms with Gasteiger partial charge in [-0.05, 0) is 18.6 Å². The highest BCUT2D eigenvalue weighted by atomic mass is 16.5. The number of carbonyl (C=O) groups excluding carboxylic acids is 3. The number of carbonyl (C=O) groups is 3. The Morgan fingerprint density at radius 3 is 2.57 bits per heavy atom. The molecule has 1 N–H and O–H groups in total. The summed E-state index contributed by atoms with van der Waals surface area (Å²) in [7, 11) is 0. The Morgan fingerprint density at radius 2 is 1.90 bits per heavy atom. The zero-order chi connectivity index (χ0) is 15.1. The lowest BCUT2D eigenvalue weighted by Gasteiger charge is -2.08. The molecule has 1 fully saturated rings. The Hall–Kier alpha value is -2.63. The van der Waals surface area contributed by atoms with Crippen molar-refractivity contribution < 1.29 is 23.9 Å². The van der Waals surface area contributed by atoms with Crippen LogP contribution in [0.4, 0.5) is 0 Å². The molecule has 0 saturated carbocycles. The van der Waals surface area contributed by atoms with E-state index in [1.807, 2.05) is 0 Å². The zero-order valence-electron chi connectivity index (χ0n) is 11.3. The van der Waals surface area contributed by atoms with Crippen molar-refractivity contribution in [2.45, 2.75) is 18.9 Å². The summed E-state index contributed by atoms with van der Waals surface area (Å²) in [6.07, 6.45) is 3.10. The maximum absolute atomic E-state index is 11.4. The molecule has 1 aliphatic heterocycles. The average Bonchev–Trinajstić information content (AvgIpc) is 2.90. The third-order valence-electron chi connectivity index (χ3n) is 2.83. The number of benzene rings is 1. The zero-order valence-corrected chi connectivity index (χ0v) is 11.3. The quantitative estimate of drug-likeness (QED) is 0.496. The molecule has 21 heavy (non-hydrogen) atoms. The van der Waals surface area contributed by atoms with Crippen LogP contribution in [0.3, 0.4) is 0 Å². The second-order valence-corrected chi connectivity index (χ2v) is 4.50. The van der Waals surface area contributed by atoms with Crippen LogP contribution < -0.4 is 10.1 Å². The largest absolute Gasteiger partial charge is 0.460 e. The molecule has 1 aromatic carbocycles. The van der Waals surface area contributed by atoms with Crippen LogP contribution in [0.1, 0.15) is 12.8 Å². The van der Waals surface area contributed by atoms with Crippen molar-refractivity contribution >= 4 is 17.8 Å². The van der Waals surface area contributed by atoms with Crippen LogP contribution in [0.5, 0.6) is 5.75 Å². The summed E-state index contributed by atoms with van der Waals surface area (Å²) in [6, 6.07) is 8.38. The number of nitrogens with one attached hydrogen (secondary N) is 1. The lowest BCUT2D eigenvalue weighted by Crippen LogP contribution is -2.30. The van der Waals surface area contributed by atoms with E-state index < -0.39 is 11.9 Å².